The molecule has 0 spiro atoms. The summed E-state index contributed by atoms with van der Waals surface area (Å²) < 4.78 is 0. The zero-order chi connectivity index (χ0) is 18.9. The van der Waals surface area contributed by atoms with E-state index in [1.165, 1.54) is 10.4 Å². The summed E-state index contributed by atoms with van der Waals surface area (Å²) in [5.74, 6) is -0.0892. The monoisotopic (exact) mass is 384 g/mol. The summed E-state index contributed by atoms with van der Waals surface area (Å²) in [5.41, 5.74) is 8.44. The van der Waals surface area contributed by atoms with Crippen molar-refractivity contribution in [3.63, 3.8) is 0 Å². The third kappa shape index (κ3) is 4.23. The number of fused-ring (bicyclic) bond motifs is 1. The number of thiazole rings is 1. The maximum atomic E-state index is 12.8. The second-order valence-electron chi connectivity index (χ2n) is 8.13. The van der Waals surface area contributed by atoms with Crippen molar-refractivity contribution in [2.24, 2.45) is 11.7 Å². The van der Waals surface area contributed by atoms with Gasteiger partial charge in [-0.15, -0.1) is 11.3 Å². The summed E-state index contributed by atoms with van der Waals surface area (Å²) in [6, 6.07) is 10.6. The molecule has 1 aliphatic carbocycles. The first-order valence-corrected chi connectivity index (χ1v) is 10.7. The van der Waals surface area contributed by atoms with E-state index in [-0.39, 0.29) is 11.8 Å². The summed E-state index contributed by atoms with van der Waals surface area (Å²) in [4.78, 5) is 21.2. The average Bonchev–Trinajstić information content (AvgIpc) is 3.03. The zero-order valence-electron chi connectivity index (χ0n) is 15.9. The molecule has 1 aromatic heterocycles. The molecule has 3 N–H and O–H groups in total. The first-order valence-electron chi connectivity index (χ1n) is 9.86. The molecule has 1 aromatic carbocycles. The fourth-order valence-corrected chi connectivity index (χ4v) is 5.31. The van der Waals surface area contributed by atoms with Crippen LogP contribution in [0.5, 0.6) is 0 Å². The standard InChI is InChI=1S/C21H28N4OS/c1-21(22)11-6-5-9-16(21)19(26)24-20-23-17-10-12-25(14-18(17)27-20)13-15-7-3-2-4-8-15/h2-4,7-8,16H,5-6,9-14,22H2,1H3,(H,23,24,26). The number of nitrogens with two attached hydrogens (primary N) is 1. The normalized spacial score (nSPS) is 25.8. The Balaban J connectivity index is 1.40. The molecule has 144 valence electrons. The molecule has 1 amide bonds. The first-order chi connectivity index (χ1) is 13.0. The van der Waals surface area contributed by atoms with Crippen molar-refractivity contribution < 1.29 is 4.79 Å². The van der Waals surface area contributed by atoms with E-state index in [0.29, 0.717) is 0 Å². The van der Waals surface area contributed by atoms with Crippen LogP contribution in [0.25, 0.3) is 0 Å². The molecule has 1 saturated carbocycles. The van der Waals surface area contributed by atoms with Crippen LogP contribution in [0.4, 0.5) is 5.13 Å². The van der Waals surface area contributed by atoms with Crippen LogP contribution in [0.2, 0.25) is 0 Å². The van der Waals surface area contributed by atoms with Gasteiger partial charge in [0.15, 0.2) is 5.13 Å². The quantitative estimate of drug-likeness (QED) is 0.846. The van der Waals surface area contributed by atoms with Crippen LogP contribution in [0.1, 0.15) is 48.7 Å². The van der Waals surface area contributed by atoms with Gasteiger partial charge in [0.05, 0.1) is 11.6 Å². The molecule has 5 nitrogen and oxygen atoms in total. The number of hydrogen-bond acceptors (Lipinski definition) is 5. The minimum atomic E-state index is -0.411. The van der Waals surface area contributed by atoms with E-state index < -0.39 is 5.54 Å². The first kappa shape index (κ1) is 18.6. The lowest BCUT2D eigenvalue weighted by atomic mass is 9.74. The van der Waals surface area contributed by atoms with E-state index in [9.17, 15) is 4.79 Å². The van der Waals surface area contributed by atoms with Crippen LogP contribution in [0, 0.1) is 5.92 Å². The van der Waals surface area contributed by atoms with E-state index in [2.05, 4.69) is 40.5 Å². The molecular weight excluding hydrogens is 356 g/mol. The Kier molecular flexibility index (Phi) is 5.30. The maximum absolute atomic E-state index is 12.8. The second kappa shape index (κ2) is 7.70. The number of anilines is 1. The van der Waals surface area contributed by atoms with E-state index in [0.717, 1.165) is 62.6 Å². The number of carbonyl (C=O) groups excluding carboxylic acids is 1. The lowest BCUT2D eigenvalue weighted by Crippen LogP contribution is -2.51. The molecule has 1 aliphatic heterocycles. The molecule has 6 heteroatoms. The number of rotatable bonds is 4. The van der Waals surface area contributed by atoms with E-state index in [4.69, 9.17) is 10.7 Å². The fourth-order valence-electron chi connectivity index (χ4n) is 4.26. The van der Waals surface area contributed by atoms with Gasteiger partial charge in [-0.2, -0.15) is 0 Å². The molecule has 2 aromatic rings. The molecule has 0 radical (unpaired) electrons. The highest BCUT2D eigenvalue weighted by molar-refractivity contribution is 7.15. The predicted molar refractivity (Wildman–Crippen MR) is 110 cm³/mol. The van der Waals surface area contributed by atoms with Crippen molar-refractivity contribution in [2.75, 3.05) is 11.9 Å². The summed E-state index contributed by atoms with van der Waals surface area (Å²) in [7, 11) is 0. The van der Waals surface area contributed by atoms with Gasteiger partial charge in [-0.1, -0.05) is 43.2 Å². The lowest BCUT2D eigenvalue weighted by molar-refractivity contribution is -0.122. The fraction of sp³-hybridized carbons (Fsp3) is 0.524. The number of carbonyl (C=O) groups is 1. The Labute approximate surface area is 165 Å². The van der Waals surface area contributed by atoms with Crippen molar-refractivity contribution in [1.82, 2.24) is 9.88 Å². The Morgan fingerprint density at radius 3 is 2.96 bits per heavy atom. The van der Waals surface area contributed by atoms with Gasteiger partial charge in [0.1, 0.15) is 0 Å². The molecule has 0 saturated heterocycles. The zero-order valence-corrected chi connectivity index (χ0v) is 16.7. The Bertz CT molecular complexity index is 802. The highest BCUT2D eigenvalue weighted by Crippen LogP contribution is 2.34. The molecule has 4 rings (SSSR count). The molecule has 27 heavy (non-hydrogen) atoms. The van der Waals surface area contributed by atoms with E-state index in [1.54, 1.807) is 11.3 Å². The van der Waals surface area contributed by atoms with Crippen molar-refractivity contribution in [1.29, 1.82) is 0 Å². The Morgan fingerprint density at radius 1 is 1.37 bits per heavy atom. The van der Waals surface area contributed by atoms with Crippen molar-refractivity contribution in [3.8, 4) is 0 Å². The molecule has 0 bridgehead atoms. The maximum Gasteiger partial charge on any atom is 0.231 e. The molecule has 2 heterocycles. The van der Waals surface area contributed by atoms with Gasteiger partial charge in [-0.3, -0.25) is 9.69 Å². The summed E-state index contributed by atoms with van der Waals surface area (Å²) in [5, 5.41) is 3.79. The van der Waals surface area contributed by atoms with Crippen molar-refractivity contribution in [3.05, 3.63) is 46.5 Å². The van der Waals surface area contributed by atoms with Crippen LogP contribution >= 0.6 is 11.3 Å². The third-order valence-corrected chi connectivity index (χ3v) is 6.86. The minimum Gasteiger partial charge on any atom is -0.325 e. The predicted octanol–water partition coefficient (Wildman–Crippen LogP) is 3.55. The number of benzene rings is 1. The second-order valence-corrected chi connectivity index (χ2v) is 9.21. The summed E-state index contributed by atoms with van der Waals surface area (Å²) >= 11 is 1.62. The highest BCUT2D eigenvalue weighted by atomic mass is 32.1. The Morgan fingerprint density at radius 2 is 2.19 bits per heavy atom. The number of aromatic nitrogens is 1. The molecule has 1 fully saturated rings. The van der Waals surface area contributed by atoms with Crippen LogP contribution in [-0.4, -0.2) is 27.9 Å². The van der Waals surface area contributed by atoms with Crippen molar-refractivity contribution in [2.45, 2.75) is 57.7 Å². The number of nitrogens with zero attached hydrogens (tertiary/aromatic N) is 2. The topological polar surface area (TPSA) is 71.2 Å². The van der Waals surface area contributed by atoms with Gasteiger partial charge < -0.3 is 11.1 Å². The van der Waals surface area contributed by atoms with Crippen LogP contribution in [0.3, 0.4) is 0 Å². The smallest absolute Gasteiger partial charge is 0.231 e. The molecule has 2 aliphatic rings. The lowest BCUT2D eigenvalue weighted by Gasteiger charge is -2.36. The van der Waals surface area contributed by atoms with Gasteiger partial charge in [0.2, 0.25) is 5.91 Å². The number of nitrogens with one attached hydrogen (secondary N) is 1. The van der Waals surface area contributed by atoms with Crippen molar-refractivity contribution >= 4 is 22.4 Å². The average molecular weight is 385 g/mol. The van der Waals surface area contributed by atoms with Crippen LogP contribution < -0.4 is 11.1 Å². The number of amides is 1. The molecule has 2 unspecified atom stereocenters. The Hall–Kier alpha value is -1.76. The SMILES string of the molecule is CC1(N)CCCCC1C(=O)Nc1nc2c(s1)CN(Cc1ccccc1)CC2. The minimum absolute atomic E-state index is 0.0342. The van der Waals surface area contributed by atoms with Crippen LogP contribution in [0.15, 0.2) is 30.3 Å². The van der Waals surface area contributed by atoms with E-state index >= 15 is 0 Å². The summed E-state index contributed by atoms with van der Waals surface area (Å²) in [6.45, 7) is 4.86. The molecule has 2 atom stereocenters. The van der Waals surface area contributed by atoms with E-state index in [1.807, 2.05) is 6.92 Å². The molecular formula is C21H28N4OS. The van der Waals surface area contributed by atoms with Gasteiger partial charge in [-0.05, 0) is 25.3 Å². The van der Waals surface area contributed by atoms with Gasteiger partial charge in [0, 0.05) is 36.5 Å². The van der Waals surface area contributed by atoms with Gasteiger partial charge >= 0.3 is 0 Å². The number of hydrogen-bond donors (Lipinski definition) is 2. The third-order valence-electron chi connectivity index (χ3n) is 5.86. The van der Waals surface area contributed by atoms with Gasteiger partial charge in [0.25, 0.3) is 0 Å². The highest BCUT2D eigenvalue weighted by Gasteiger charge is 2.38. The van der Waals surface area contributed by atoms with Gasteiger partial charge in [-0.25, -0.2) is 4.98 Å². The van der Waals surface area contributed by atoms with Crippen LogP contribution in [-0.2, 0) is 24.3 Å². The largest absolute Gasteiger partial charge is 0.325 e. The summed E-state index contributed by atoms with van der Waals surface area (Å²) in [6.07, 6.45) is 4.91.